The van der Waals surface area contributed by atoms with Gasteiger partial charge in [-0.2, -0.15) is 0 Å². The van der Waals surface area contributed by atoms with Gasteiger partial charge in [-0.25, -0.2) is 0 Å². The highest BCUT2D eigenvalue weighted by molar-refractivity contribution is 6.13. The minimum atomic E-state index is -0.666. The molecule has 0 saturated heterocycles. The lowest BCUT2D eigenvalue weighted by molar-refractivity contribution is -0.383. The third-order valence-corrected chi connectivity index (χ3v) is 7.45. The SMILES string of the molecule is CCOC(=O)CN1C(=O)CCN(C(=O)c2ccc(NC(=O)c3ccccc3-c3ccccc3C)c([N+](=O)[O-])c2)c2ccccc21. The predicted molar refractivity (Wildman–Crippen MR) is 169 cm³/mol. The van der Waals surface area contributed by atoms with Gasteiger partial charge in [0.25, 0.3) is 17.5 Å². The molecule has 0 fully saturated rings. The molecule has 4 aromatic rings. The summed E-state index contributed by atoms with van der Waals surface area (Å²) in [6.45, 7) is 3.41. The van der Waals surface area contributed by atoms with Crippen LogP contribution in [0.2, 0.25) is 0 Å². The first-order valence-electron chi connectivity index (χ1n) is 14.3. The Morgan fingerprint density at radius 2 is 1.58 bits per heavy atom. The molecule has 0 aliphatic carbocycles. The summed E-state index contributed by atoms with van der Waals surface area (Å²) in [7, 11) is 0. The van der Waals surface area contributed by atoms with Gasteiger partial charge in [0.2, 0.25) is 5.91 Å². The number of para-hydroxylation sites is 2. The van der Waals surface area contributed by atoms with Crippen molar-refractivity contribution in [2.24, 2.45) is 0 Å². The van der Waals surface area contributed by atoms with Crippen molar-refractivity contribution >= 4 is 46.4 Å². The molecule has 0 unspecified atom stereocenters. The van der Waals surface area contributed by atoms with Crippen LogP contribution in [-0.2, 0) is 14.3 Å². The Morgan fingerprint density at radius 1 is 0.911 bits per heavy atom. The molecule has 1 aliphatic heterocycles. The molecule has 0 bridgehead atoms. The number of esters is 1. The van der Waals surface area contributed by atoms with Crippen LogP contribution in [0.1, 0.15) is 39.6 Å². The van der Waals surface area contributed by atoms with Gasteiger partial charge in [0.1, 0.15) is 12.2 Å². The van der Waals surface area contributed by atoms with E-state index in [-0.39, 0.29) is 43.3 Å². The average molecular weight is 607 g/mol. The van der Waals surface area contributed by atoms with Crippen LogP contribution in [-0.4, -0.2) is 48.3 Å². The summed E-state index contributed by atoms with van der Waals surface area (Å²) in [5.41, 5.74) is 2.98. The summed E-state index contributed by atoms with van der Waals surface area (Å²) in [6.07, 6.45) is -0.0869. The van der Waals surface area contributed by atoms with Crippen molar-refractivity contribution in [2.75, 3.05) is 34.8 Å². The number of hydrogen-bond acceptors (Lipinski definition) is 7. The number of nitrogens with one attached hydrogen (secondary N) is 1. The minimum absolute atomic E-state index is 0.0129. The van der Waals surface area contributed by atoms with Crippen molar-refractivity contribution in [2.45, 2.75) is 20.3 Å². The topological polar surface area (TPSA) is 139 Å². The lowest BCUT2D eigenvalue weighted by Crippen LogP contribution is -2.36. The number of fused-ring (bicyclic) bond motifs is 1. The maximum absolute atomic E-state index is 13.8. The fourth-order valence-corrected chi connectivity index (χ4v) is 5.30. The molecule has 11 nitrogen and oxygen atoms in total. The van der Waals surface area contributed by atoms with E-state index in [1.807, 2.05) is 43.3 Å². The van der Waals surface area contributed by atoms with Crippen LogP contribution in [0.4, 0.5) is 22.7 Å². The molecule has 45 heavy (non-hydrogen) atoms. The molecule has 0 aromatic heterocycles. The summed E-state index contributed by atoms with van der Waals surface area (Å²) in [6, 6.07) is 25.0. The Labute approximate surface area is 259 Å². The Bertz CT molecular complexity index is 1820. The van der Waals surface area contributed by atoms with Crippen LogP contribution in [0, 0.1) is 17.0 Å². The van der Waals surface area contributed by atoms with Crippen molar-refractivity contribution in [3.05, 3.63) is 118 Å². The normalized spacial score (nSPS) is 12.6. The predicted octanol–water partition coefficient (Wildman–Crippen LogP) is 5.77. The lowest BCUT2D eigenvalue weighted by Gasteiger charge is -2.25. The van der Waals surface area contributed by atoms with Crippen molar-refractivity contribution in [1.29, 1.82) is 0 Å². The van der Waals surface area contributed by atoms with Gasteiger partial charge in [0.05, 0.1) is 22.9 Å². The number of rotatable bonds is 8. The Hall–Kier alpha value is -5.84. The zero-order valence-corrected chi connectivity index (χ0v) is 24.7. The van der Waals surface area contributed by atoms with Crippen LogP contribution in [0.3, 0.4) is 0 Å². The van der Waals surface area contributed by atoms with Crippen LogP contribution in [0.25, 0.3) is 11.1 Å². The first kappa shape index (κ1) is 30.6. The summed E-state index contributed by atoms with van der Waals surface area (Å²) in [5.74, 6) is -2.09. The Morgan fingerprint density at radius 3 is 2.29 bits per heavy atom. The quantitative estimate of drug-likeness (QED) is 0.153. The number of ether oxygens (including phenoxy) is 1. The van der Waals surface area contributed by atoms with Gasteiger partial charge in [-0.1, -0.05) is 54.6 Å². The van der Waals surface area contributed by atoms with Crippen LogP contribution in [0.15, 0.2) is 91.0 Å². The molecule has 1 heterocycles. The van der Waals surface area contributed by atoms with Crippen molar-refractivity contribution in [3.8, 4) is 11.1 Å². The van der Waals surface area contributed by atoms with Gasteiger partial charge in [-0.15, -0.1) is 0 Å². The average Bonchev–Trinajstić information content (AvgIpc) is 3.17. The Balaban J connectivity index is 1.45. The Kier molecular flexibility index (Phi) is 8.99. The van der Waals surface area contributed by atoms with Crippen LogP contribution >= 0.6 is 0 Å². The third kappa shape index (κ3) is 6.42. The highest BCUT2D eigenvalue weighted by Crippen LogP contribution is 2.35. The van der Waals surface area contributed by atoms with E-state index in [1.165, 1.54) is 21.9 Å². The highest BCUT2D eigenvalue weighted by Gasteiger charge is 2.32. The molecule has 1 aliphatic rings. The van der Waals surface area contributed by atoms with E-state index in [1.54, 1.807) is 43.3 Å². The molecule has 0 atom stereocenters. The highest BCUT2D eigenvalue weighted by atomic mass is 16.6. The second-order valence-corrected chi connectivity index (χ2v) is 10.3. The van der Waals surface area contributed by atoms with E-state index < -0.39 is 28.4 Å². The second kappa shape index (κ2) is 13.2. The number of aryl methyl sites for hydroxylation is 1. The fraction of sp³-hybridized carbons (Fsp3) is 0.176. The number of carbonyl (C=O) groups excluding carboxylic acids is 4. The molecular weight excluding hydrogens is 576 g/mol. The van der Waals surface area contributed by atoms with E-state index in [0.29, 0.717) is 22.5 Å². The third-order valence-electron chi connectivity index (χ3n) is 7.45. The maximum Gasteiger partial charge on any atom is 0.326 e. The van der Waals surface area contributed by atoms with Crippen molar-refractivity contribution in [1.82, 2.24) is 0 Å². The molecule has 11 heteroatoms. The van der Waals surface area contributed by atoms with Gasteiger partial charge >= 0.3 is 5.97 Å². The number of hydrogen-bond donors (Lipinski definition) is 1. The van der Waals surface area contributed by atoms with Crippen LogP contribution in [0.5, 0.6) is 0 Å². The van der Waals surface area contributed by atoms with Crippen LogP contribution < -0.4 is 15.1 Å². The molecule has 0 radical (unpaired) electrons. The minimum Gasteiger partial charge on any atom is -0.465 e. The van der Waals surface area contributed by atoms with Gasteiger partial charge in [-0.3, -0.25) is 34.2 Å². The summed E-state index contributed by atoms with van der Waals surface area (Å²) in [4.78, 5) is 66.6. The summed E-state index contributed by atoms with van der Waals surface area (Å²) < 4.78 is 5.02. The summed E-state index contributed by atoms with van der Waals surface area (Å²) >= 11 is 0. The molecule has 4 aromatic carbocycles. The van der Waals surface area contributed by atoms with Crippen molar-refractivity contribution < 1.29 is 28.8 Å². The zero-order valence-electron chi connectivity index (χ0n) is 24.7. The van der Waals surface area contributed by atoms with Gasteiger partial charge < -0.3 is 15.0 Å². The van der Waals surface area contributed by atoms with E-state index in [0.717, 1.165) is 17.2 Å². The molecule has 228 valence electrons. The first-order chi connectivity index (χ1) is 21.7. The van der Waals surface area contributed by atoms with Gasteiger partial charge in [-0.05, 0) is 60.9 Å². The molecule has 3 amide bonds. The standard InChI is InChI=1S/C34H30N4O7/c1-3-45-32(40)21-37-29-15-9-8-14-28(29)36(19-18-31(37)39)34(42)23-16-17-27(30(20-23)38(43)44)35-33(41)26-13-7-6-12-25(26)24-11-5-4-10-22(24)2/h4-17,20H,3,18-19,21H2,1-2H3,(H,35,41). The molecule has 1 N–H and O–H groups in total. The lowest BCUT2D eigenvalue weighted by atomic mass is 9.95. The van der Waals surface area contributed by atoms with Crippen molar-refractivity contribution in [3.63, 3.8) is 0 Å². The molecule has 0 saturated carbocycles. The maximum atomic E-state index is 13.8. The van der Waals surface area contributed by atoms with E-state index in [2.05, 4.69) is 5.32 Å². The zero-order chi connectivity index (χ0) is 32.1. The number of benzene rings is 4. The molecular formula is C34H30N4O7. The number of carbonyl (C=O) groups is 4. The number of nitro benzene ring substituents is 1. The monoisotopic (exact) mass is 606 g/mol. The number of anilines is 3. The first-order valence-corrected chi connectivity index (χ1v) is 14.3. The summed E-state index contributed by atoms with van der Waals surface area (Å²) in [5, 5.41) is 14.8. The second-order valence-electron chi connectivity index (χ2n) is 10.3. The largest absolute Gasteiger partial charge is 0.465 e. The van der Waals surface area contributed by atoms with E-state index >= 15 is 0 Å². The van der Waals surface area contributed by atoms with E-state index in [9.17, 15) is 29.3 Å². The number of nitro groups is 1. The number of amides is 3. The van der Waals surface area contributed by atoms with Gasteiger partial charge in [0, 0.05) is 30.2 Å². The van der Waals surface area contributed by atoms with E-state index in [4.69, 9.17) is 4.74 Å². The molecule has 5 rings (SSSR count). The fourth-order valence-electron chi connectivity index (χ4n) is 5.30. The molecule has 0 spiro atoms. The smallest absolute Gasteiger partial charge is 0.326 e. The van der Waals surface area contributed by atoms with Gasteiger partial charge in [0.15, 0.2) is 0 Å². The number of nitrogens with zero attached hydrogens (tertiary/aromatic N) is 3.